The van der Waals surface area contributed by atoms with E-state index < -0.39 is 0 Å². The SMILES string of the molecule is N#Cc1c(-c2ccc(Oc3ccccc3)cc2)[nH]c(-c2cccc(Br)c2)cc1=O.[C-]#[N+]c1cccc(-c2cc(=O)c(C#N)c(-c3ccc(Oc4ccccc4)cc3)[nH]2)c1. The molecule has 0 atom stereocenters. The maximum atomic E-state index is 12.6. The van der Waals surface area contributed by atoms with Crippen molar-refractivity contribution >= 4 is 21.6 Å². The normalized spacial score (nSPS) is 10.2. The number of halogens is 1. The van der Waals surface area contributed by atoms with Crippen molar-refractivity contribution in [1.82, 2.24) is 9.97 Å². The van der Waals surface area contributed by atoms with Crippen LogP contribution in [0.1, 0.15) is 11.1 Å². The van der Waals surface area contributed by atoms with Gasteiger partial charge in [0.2, 0.25) is 10.9 Å². The molecule has 0 saturated heterocycles. The van der Waals surface area contributed by atoms with E-state index in [2.05, 4.69) is 30.7 Å². The monoisotopic (exact) mass is 831 g/mol. The number of nitrogens with zero attached hydrogens (tertiary/aromatic N) is 3. The molecule has 0 amide bonds. The van der Waals surface area contributed by atoms with Crippen LogP contribution < -0.4 is 20.3 Å². The van der Waals surface area contributed by atoms with Crippen molar-refractivity contribution < 1.29 is 9.47 Å². The van der Waals surface area contributed by atoms with Crippen molar-refractivity contribution in [2.75, 3.05) is 0 Å². The van der Waals surface area contributed by atoms with Crippen LogP contribution in [-0.4, -0.2) is 9.97 Å². The van der Waals surface area contributed by atoms with Gasteiger partial charge in [0, 0.05) is 28.0 Å². The number of rotatable bonds is 8. The average Bonchev–Trinajstić information content (AvgIpc) is 3.27. The van der Waals surface area contributed by atoms with Crippen LogP contribution in [0.5, 0.6) is 23.0 Å². The Morgan fingerprint density at radius 1 is 0.492 bits per heavy atom. The molecule has 0 aliphatic heterocycles. The van der Waals surface area contributed by atoms with E-state index in [1.807, 2.05) is 127 Å². The highest BCUT2D eigenvalue weighted by Gasteiger charge is 2.15. The summed E-state index contributed by atoms with van der Waals surface area (Å²) >= 11 is 3.45. The Labute approximate surface area is 347 Å². The highest BCUT2D eigenvalue weighted by molar-refractivity contribution is 9.10. The van der Waals surface area contributed by atoms with Gasteiger partial charge in [0.15, 0.2) is 5.69 Å². The lowest BCUT2D eigenvalue weighted by Crippen LogP contribution is -2.09. The van der Waals surface area contributed by atoms with Crippen LogP contribution in [-0.2, 0) is 0 Å². The maximum Gasteiger partial charge on any atom is 0.200 e. The molecule has 0 saturated carbocycles. The maximum absolute atomic E-state index is 12.6. The zero-order valence-corrected chi connectivity index (χ0v) is 32.6. The van der Waals surface area contributed by atoms with Crippen molar-refractivity contribution in [1.29, 1.82) is 10.5 Å². The summed E-state index contributed by atoms with van der Waals surface area (Å²) in [5.74, 6) is 2.77. The molecular weight excluding hydrogens is 802 g/mol. The summed E-state index contributed by atoms with van der Waals surface area (Å²) in [6.45, 7) is 7.18. The molecule has 2 heterocycles. The van der Waals surface area contributed by atoms with Crippen LogP contribution in [0.25, 0.3) is 49.9 Å². The molecule has 0 spiro atoms. The van der Waals surface area contributed by atoms with E-state index in [0.29, 0.717) is 51.1 Å². The zero-order chi connectivity index (χ0) is 41.1. The standard InChI is InChI=1S/C25H15N3O2.C24H15BrN2O2/c1-27-19-7-5-6-18(14-19)23-15-24(29)22(16-26)25(28-23)17-10-12-21(13-11-17)30-20-8-3-2-4-9-20;25-18-6-4-5-17(13-18)22-14-23(28)21(15-26)24(27-22)16-9-11-20(12-10-16)29-19-7-2-1-3-8-19/h2-15H,(H,28,29);1-14H,(H,27,28). The Morgan fingerprint density at radius 3 is 1.34 bits per heavy atom. The number of nitrogens with one attached hydrogen (secondary N) is 2. The number of hydrogen-bond acceptors (Lipinski definition) is 6. The third-order valence-electron chi connectivity index (χ3n) is 8.95. The van der Waals surface area contributed by atoms with Gasteiger partial charge in [0.05, 0.1) is 18.0 Å². The van der Waals surface area contributed by atoms with Gasteiger partial charge < -0.3 is 19.4 Å². The van der Waals surface area contributed by atoms with Gasteiger partial charge >= 0.3 is 0 Å². The summed E-state index contributed by atoms with van der Waals surface area (Å²) < 4.78 is 12.5. The smallest absolute Gasteiger partial charge is 0.200 e. The van der Waals surface area contributed by atoms with Crippen LogP contribution >= 0.6 is 15.9 Å². The predicted octanol–water partition coefficient (Wildman–Crippen LogP) is 12.1. The van der Waals surface area contributed by atoms with Crippen LogP contribution in [0.3, 0.4) is 0 Å². The van der Waals surface area contributed by atoms with Crippen molar-refractivity contribution in [3.05, 3.63) is 217 Å². The third kappa shape index (κ3) is 9.43. The number of ether oxygens (including phenoxy) is 2. The number of benzene rings is 6. The van der Waals surface area contributed by atoms with Crippen molar-refractivity contribution in [3.8, 4) is 80.2 Å². The number of pyridine rings is 2. The van der Waals surface area contributed by atoms with E-state index in [-0.39, 0.29) is 22.0 Å². The van der Waals surface area contributed by atoms with Crippen LogP contribution in [0.15, 0.2) is 184 Å². The van der Waals surface area contributed by atoms with E-state index in [1.165, 1.54) is 12.1 Å². The third-order valence-corrected chi connectivity index (χ3v) is 9.45. The van der Waals surface area contributed by atoms with Gasteiger partial charge in [-0.15, -0.1) is 0 Å². The molecule has 0 aliphatic rings. The molecule has 2 N–H and O–H groups in total. The van der Waals surface area contributed by atoms with Gasteiger partial charge in [-0.2, -0.15) is 10.5 Å². The lowest BCUT2D eigenvalue weighted by Gasteiger charge is -2.10. The largest absolute Gasteiger partial charge is 0.457 e. The summed E-state index contributed by atoms with van der Waals surface area (Å²) in [7, 11) is 0. The van der Waals surface area contributed by atoms with Crippen LogP contribution in [0, 0.1) is 29.2 Å². The zero-order valence-electron chi connectivity index (χ0n) is 31.0. The van der Waals surface area contributed by atoms with Gasteiger partial charge in [-0.1, -0.05) is 82.7 Å². The quantitative estimate of drug-likeness (QED) is 0.146. The van der Waals surface area contributed by atoms with E-state index >= 15 is 0 Å². The number of aromatic amines is 2. The Balaban J connectivity index is 0.000000179. The molecule has 8 rings (SSSR count). The first-order chi connectivity index (χ1) is 28.8. The van der Waals surface area contributed by atoms with Crippen molar-refractivity contribution in [3.63, 3.8) is 0 Å². The number of H-pyrrole nitrogens is 2. The van der Waals surface area contributed by atoms with Crippen molar-refractivity contribution in [2.24, 2.45) is 0 Å². The van der Waals surface area contributed by atoms with E-state index in [4.69, 9.17) is 16.0 Å². The molecule has 0 aliphatic carbocycles. The van der Waals surface area contributed by atoms with Gasteiger partial charge in [-0.05, 0) is 113 Å². The first kappa shape index (κ1) is 39.0. The molecular formula is C49H30BrN5O4. The fourth-order valence-electron chi connectivity index (χ4n) is 6.11. The predicted molar refractivity (Wildman–Crippen MR) is 232 cm³/mol. The Bertz CT molecular complexity index is 3020. The minimum absolute atomic E-state index is 0.0387. The minimum Gasteiger partial charge on any atom is -0.457 e. The molecule has 8 aromatic rings. The van der Waals surface area contributed by atoms with E-state index in [1.54, 1.807) is 42.5 Å². The summed E-state index contributed by atoms with van der Waals surface area (Å²) in [4.78, 5) is 35.0. The number of hydrogen-bond donors (Lipinski definition) is 2. The Kier molecular flexibility index (Phi) is 12.0. The lowest BCUT2D eigenvalue weighted by molar-refractivity contribution is 0.482. The van der Waals surface area contributed by atoms with E-state index in [9.17, 15) is 20.1 Å². The lowest BCUT2D eigenvalue weighted by atomic mass is 10.0. The molecule has 0 fully saturated rings. The fourth-order valence-corrected chi connectivity index (χ4v) is 6.51. The van der Waals surface area contributed by atoms with E-state index in [0.717, 1.165) is 27.1 Å². The summed E-state index contributed by atoms with van der Waals surface area (Å²) in [6, 6.07) is 54.8. The topological polar surface area (TPSA) is 136 Å². The molecule has 9 nitrogen and oxygen atoms in total. The summed E-state index contributed by atoms with van der Waals surface area (Å²) in [5.41, 5.74) is 4.99. The number of aromatic nitrogens is 2. The second kappa shape index (κ2) is 18.1. The second-order valence-corrected chi connectivity index (χ2v) is 13.8. The highest BCUT2D eigenvalue weighted by Crippen LogP contribution is 2.30. The summed E-state index contributed by atoms with van der Waals surface area (Å²) in [5, 5.41) is 19.0. The molecule has 6 aromatic carbocycles. The first-order valence-corrected chi connectivity index (χ1v) is 18.9. The molecule has 282 valence electrons. The van der Waals surface area contributed by atoms with Crippen LogP contribution in [0.4, 0.5) is 5.69 Å². The minimum atomic E-state index is -0.376. The van der Waals surface area contributed by atoms with Gasteiger partial charge in [-0.3, -0.25) is 9.59 Å². The van der Waals surface area contributed by atoms with Gasteiger partial charge in [0.1, 0.15) is 46.3 Å². The van der Waals surface area contributed by atoms with Crippen LogP contribution in [0.2, 0.25) is 0 Å². The fraction of sp³-hybridized carbons (Fsp3) is 0. The summed E-state index contributed by atoms with van der Waals surface area (Å²) in [6.07, 6.45) is 0. The Hall–Kier alpha value is -8.23. The Morgan fingerprint density at radius 2 is 0.915 bits per heavy atom. The molecule has 59 heavy (non-hydrogen) atoms. The molecule has 0 radical (unpaired) electrons. The van der Waals surface area contributed by atoms with Crippen molar-refractivity contribution in [2.45, 2.75) is 0 Å². The highest BCUT2D eigenvalue weighted by atomic mass is 79.9. The molecule has 0 bridgehead atoms. The van der Waals surface area contributed by atoms with Gasteiger partial charge in [-0.25, -0.2) is 4.85 Å². The molecule has 2 aromatic heterocycles. The van der Waals surface area contributed by atoms with Gasteiger partial charge in [0.25, 0.3) is 0 Å². The number of para-hydroxylation sites is 2. The molecule has 0 unspecified atom stereocenters. The average molecular weight is 833 g/mol. The number of nitriles is 2. The second-order valence-electron chi connectivity index (χ2n) is 12.9. The molecule has 10 heteroatoms. The first-order valence-electron chi connectivity index (χ1n) is 18.1.